The summed E-state index contributed by atoms with van der Waals surface area (Å²) in [6.07, 6.45) is 40.3. The third-order valence-electron chi connectivity index (χ3n) is 8.38. The molecule has 0 aliphatic carbocycles. The van der Waals surface area contributed by atoms with E-state index in [0.717, 1.165) is 6.42 Å². The fourth-order valence-corrected chi connectivity index (χ4v) is 5.74. The molecule has 0 amide bonds. The number of unbranched alkanes of at least 4 members (excludes halogenated alkanes) is 24. The third kappa shape index (κ3) is 30.0. The van der Waals surface area contributed by atoms with Crippen LogP contribution in [0.15, 0.2) is 0 Å². The quantitative estimate of drug-likeness (QED) is 0.0631. The Labute approximate surface area is 241 Å². The zero-order valence-corrected chi connectivity index (χ0v) is 26.8. The molecular weight excluding hydrogens is 464 g/mol. The molecule has 1 atom stereocenters. The zero-order chi connectivity index (χ0) is 27.8. The van der Waals surface area contributed by atoms with Gasteiger partial charge in [-0.05, 0) is 25.2 Å². The standard InChI is InChI=1S/C36H72O2/c1-4-7-9-10-11-12-13-14-15-16-17-18-19-20-21-22-23-24-25-26-27-28-30-33-36(37)38-34-35(31-6-3)32-29-8-5-2/h35H,4-34H2,1-3H3. The van der Waals surface area contributed by atoms with Gasteiger partial charge in [-0.1, -0.05) is 188 Å². The summed E-state index contributed by atoms with van der Waals surface area (Å²) >= 11 is 0. The Morgan fingerprint density at radius 2 is 0.763 bits per heavy atom. The Morgan fingerprint density at radius 3 is 1.13 bits per heavy atom. The monoisotopic (exact) mass is 537 g/mol. The van der Waals surface area contributed by atoms with Crippen molar-refractivity contribution in [1.82, 2.24) is 0 Å². The lowest BCUT2D eigenvalue weighted by Gasteiger charge is -2.16. The second kappa shape index (κ2) is 32.7. The Balaban J connectivity index is 3.26. The van der Waals surface area contributed by atoms with Gasteiger partial charge in [-0.25, -0.2) is 0 Å². The lowest BCUT2D eigenvalue weighted by molar-refractivity contribution is -0.145. The molecule has 0 rings (SSSR count). The van der Waals surface area contributed by atoms with E-state index in [9.17, 15) is 4.79 Å². The summed E-state index contributed by atoms with van der Waals surface area (Å²) in [5.41, 5.74) is 0. The van der Waals surface area contributed by atoms with Crippen molar-refractivity contribution >= 4 is 5.97 Å². The van der Waals surface area contributed by atoms with Gasteiger partial charge in [0.2, 0.25) is 0 Å². The maximum absolute atomic E-state index is 12.1. The van der Waals surface area contributed by atoms with Crippen LogP contribution >= 0.6 is 0 Å². The number of carbonyl (C=O) groups is 1. The highest BCUT2D eigenvalue weighted by Gasteiger charge is 2.11. The van der Waals surface area contributed by atoms with Gasteiger partial charge in [-0.3, -0.25) is 4.79 Å². The maximum atomic E-state index is 12.1. The summed E-state index contributed by atoms with van der Waals surface area (Å²) in [7, 11) is 0. The Hall–Kier alpha value is -0.530. The Kier molecular flexibility index (Phi) is 32.2. The van der Waals surface area contributed by atoms with Gasteiger partial charge in [0.05, 0.1) is 6.61 Å². The highest BCUT2D eigenvalue weighted by Crippen LogP contribution is 2.18. The summed E-state index contributed by atoms with van der Waals surface area (Å²) in [6.45, 7) is 7.43. The van der Waals surface area contributed by atoms with E-state index in [4.69, 9.17) is 4.74 Å². The molecule has 0 saturated heterocycles. The molecule has 0 bridgehead atoms. The third-order valence-corrected chi connectivity index (χ3v) is 8.38. The second-order valence-electron chi connectivity index (χ2n) is 12.4. The van der Waals surface area contributed by atoms with Crippen LogP contribution in [0.5, 0.6) is 0 Å². The molecule has 0 aromatic heterocycles. The molecule has 0 aliphatic heterocycles. The first kappa shape index (κ1) is 37.5. The largest absolute Gasteiger partial charge is 0.465 e. The topological polar surface area (TPSA) is 26.3 Å². The Morgan fingerprint density at radius 1 is 0.421 bits per heavy atom. The van der Waals surface area contributed by atoms with Crippen LogP contribution in [0, 0.1) is 5.92 Å². The normalized spacial score (nSPS) is 12.2. The number of hydrogen-bond donors (Lipinski definition) is 0. The predicted octanol–water partition coefficient (Wildman–Crippen LogP) is 12.9. The van der Waals surface area contributed by atoms with Crippen LogP contribution < -0.4 is 0 Å². The smallest absolute Gasteiger partial charge is 0.305 e. The molecule has 0 aromatic carbocycles. The van der Waals surface area contributed by atoms with Crippen molar-refractivity contribution in [1.29, 1.82) is 0 Å². The van der Waals surface area contributed by atoms with Crippen molar-refractivity contribution < 1.29 is 9.53 Å². The lowest BCUT2D eigenvalue weighted by atomic mass is 9.97. The molecule has 0 radical (unpaired) electrons. The van der Waals surface area contributed by atoms with Crippen LogP contribution in [-0.4, -0.2) is 12.6 Å². The van der Waals surface area contributed by atoms with Crippen molar-refractivity contribution in [2.45, 2.75) is 213 Å². The van der Waals surface area contributed by atoms with E-state index in [-0.39, 0.29) is 5.97 Å². The molecule has 38 heavy (non-hydrogen) atoms. The first-order chi connectivity index (χ1) is 18.7. The van der Waals surface area contributed by atoms with E-state index >= 15 is 0 Å². The van der Waals surface area contributed by atoms with E-state index in [1.807, 2.05) is 0 Å². The summed E-state index contributed by atoms with van der Waals surface area (Å²) in [6, 6.07) is 0. The summed E-state index contributed by atoms with van der Waals surface area (Å²) in [4.78, 5) is 12.1. The van der Waals surface area contributed by atoms with Gasteiger partial charge in [0, 0.05) is 6.42 Å². The summed E-state index contributed by atoms with van der Waals surface area (Å²) in [5, 5.41) is 0. The number of carbonyl (C=O) groups excluding carboxylic acids is 1. The van der Waals surface area contributed by atoms with Crippen molar-refractivity contribution in [2.24, 2.45) is 5.92 Å². The van der Waals surface area contributed by atoms with E-state index < -0.39 is 0 Å². The van der Waals surface area contributed by atoms with Crippen LogP contribution in [0.3, 0.4) is 0 Å². The molecule has 0 heterocycles. The number of hydrogen-bond acceptors (Lipinski definition) is 2. The SMILES string of the molecule is CCCCCCCCCCCCCCCCCCCCCCCCCC(=O)OCC(CCC)CCCCC. The van der Waals surface area contributed by atoms with Crippen LogP contribution in [-0.2, 0) is 9.53 Å². The molecule has 2 heteroatoms. The van der Waals surface area contributed by atoms with Gasteiger partial charge in [0.1, 0.15) is 0 Å². The highest BCUT2D eigenvalue weighted by molar-refractivity contribution is 5.69. The molecule has 228 valence electrons. The van der Waals surface area contributed by atoms with Crippen LogP contribution in [0.4, 0.5) is 0 Å². The van der Waals surface area contributed by atoms with E-state index in [1.165, 1.54) is 180 Å². The highest BCUT2D eigenvalue weighted by atomic mass is 16.5. The Bertz CT molecular complexity index is 447. The van der Waals surface area contributed by atoms with Crippen molar-refractivity contribution in [3.63, 3.8) is 0 Å². The van der Waals surface area contributed by atoms with Gasteiger partial charge in [0.15, 0.2) is 0 Å². The number of esters is 1. The van der Waals surface area contributed by atoms with Crippen molar-refractivity contribution in [2.75, 3.05) is 6.61 Å². The minimum Gasteiger partial charge on any atom is -0.465 e. The summed E-state index contributed by atoms with van der Waals surface area (Å²) in [5.74, 6) is 0.606. The molecular formula is C36H72O2. The zero-order valence-electron chi connectivity index (χ0n) is 26.8. The molecule has 0 saturated carbocycles. The molecule has 0 fully saturated rings. The first-order valence-electron chi connectivity index (χ1n) is 17.9. The van der Waals surface area contributed by atoms with Gasteiger partial charge in [-0.2, -0.15) is 0 Å². The maximum Gasteiger partial charge on any atom is 0.305 e. The number of ether oxygens (including phenoxy) is 1. The molecule has 0 spiro atoms. The molecule has 0 aliphatic rings. The minimum atomic E-state index is 0.0325. The average Bonchev–Trinajstić information content (AvgIpc) is 2.92. The fourth-order valence-electron chi connectivity index (χ4n) is 5.74. The van der Waals surface area contributed by atoms with Crippen LogP contribution in [0.25, 0.3) is 0 Å². The van der Waals surface area contributed by atoms with Gasteiger partial charge in [-0.15, -0.1) is 0 Å². The number of rotatable bonds is 32. The molecule has 1 unspecified atom stereocenters. The summed E-state index contributed by atoms with van der Waals surface area (Å²) < 4.78 is 5.60. The predicted molar refractivity (Wildman–Crippen MR) is 170 cm³/mol. The average molecular weight is 537 g/mol. The van der Waals surface area contributed by atoms with E-state index in [1.54, 1.807) is 0 Å². The first-order valence-corrected chi connectivity index (χ1v) is 17.9. The van der Waals surface area contributed by atoms with Crippen molar-refractivity contribution in [3.05, 3.63) is 0 Å². The van der Waals surface area contributed by atoms with E-state index in [0.29, 0.717) is 18.9 Å². The van der Waals surface area contributed by atoms with Crippen LogP contribution in [0.1, 0.15) is 213 Å². The van der Waals surface area contributed by atoms with Gasteiger partial charge in [0.25, 0.3) is 0 Å². The van der Waals surface area contributed by atoms with E-state index in [2.05, 4.69) is 20.8 Å². The minimum absolute atomic E-state index is 0.0325. The molecule has 0 aromatic rings. The second-order valence-corrected chi connectivity index (χ2v) is 12.4. The van der Waals surface area contributed by atoms with Gasteiger partial charge < -0.3 is 4.74 Å². The van der Waals surface area contributed by atoms with Crippen LogP contribution in [0.2, 0.25) is 0 Å². The molecule has 0 N–H and O–H groups in total. The van der Waals surface area contributed by atoms with Crippen molar-refractivity contribution in [3.8, 4) is 0 Å². The molecule has 2 nitrogen and oxygen atoms in total. The lowest BCUT2D eigenvalue weighted by Crippen LogP contribution is -2.14. The fraction of sp³-hybridized carbons (Fsp3) is 0.972. The van der Waals surface area contributed by atoms with Gasteiger partial charge >= 0.3 is 5.97 Å².